The number of halogens is 1. The van der Waals surface area contributed by atoms with Crippen LogP contribution in [0.4, 0.5) is 0 Å². The highest BCUT2D eigenvalue weighted by atomic mass is 79.9. The summed E-state index contributed by atoms with van der Waals surface area (Å²) >= 11 is 3.54. The van der Waals surface area contributed by atoms with Gasteiger partial charge in [0.15, 0.2) is 11.5 Å². The van der Waals surface area contributed by atoms with Crippen molar-refractivity contribution < 1.29 is 14.3 Å². The molecule has 4 rings (SSSR count). The van der Waals surface area contributed by atoms with Gasteiger partial charge in [0.05, 0.1) is 17.5 Å². The lowest BCUT2D eigenvalue weighted by atomic mass is 9.77. The first-order chi connectivity index (χ1) is 14.0. The fourth-order valence-electron chi connectivity index (χ4n) is 4.94. The van der Waals surface area contributed by atoms with E-state index in [2.05, 4.69) is 34.7 Å². The van der Waals surface area contributed by atoms with Crippen LogP contribution in [0.25, 0.3) is 0 Å². The molecular weight excluding hydrogens is 432 g/mol. The molecule has 0 N–H and O–H groups in total. The number of ether oxygens (including phenoxy) is 1. The Morgan fingerprint density at radius 1 is 1.17 bits per heavy atom. The van der Waals surface area contributed by atoms with Crippen molar-refractivity contribution in [3.8, 4) is 0 Å². The number of nitrogens with zero attached hydrogens (tertiary/aromatic N) is 2. The van der Waals surface area contributed by atoms with Crippen LogP contribution < -0.4 is 0 Å². The first-order valence-electron chi connectivity index (χ1n) is 10.8. The zero-order chi connectivity index (χ0) is 20.5. The summed E-state index contributed by atoms with van der Waals surface area (Å²) in [4.78, 5) is 31.0. The minimum Gasteiger partial charge on any atom is -0.483 e. The van der Waals surface area contributed by atoms with Crippen molar-refractivity contribution in [2.75, 3.05) is 26.2 Å². The van der Waals surface area contributed by atoms with Crippen LogP contribution in [0, 0.1) is 5.92 Å². The zero-order valence-corrected chi connectivity index (χ0v) is 18.8. The predicted octanol–water partition coefficient (Wildman–Crippen LogP) is 4.09. The summed E-state index contributed by atoms with van der Waals surface area (Å²) in [7, 11) is 0. The third-order valence-corrected chi connectivity index (χ3v) is 7.07. The van der Waals surface area contributed by atoms with Gasteiger partial charge in [-0.15, -0.1) is 0 Å². The van der Waals surface area contributed by atoms with Crippen LogP contribution in [0.2, 0.25) is 0 Å². The Labute approximate surface area is 181 Å². The minimum atomic E-state index is -0.360. The maximum atomic E-state index is 13.5. The number of amides is 1. The number of Topliss-reactive ketones (excluding diaryl/α,β-unsaturated/α-hetero) is 1. The molecule has 3 unspecified atom stereocenters. The van der Waals surface area contributed by atoms with Crippen molar-refractivity contribution in [3.63, 3.8) is 0 Å². The van der Waals surface area contributed by atoms with E-state index in [9.17, 15) is 9.59 Å². The number of hydrogen-bond acceptors (Lipinski definition) is 4. The normalized spacial score (nSPS) is 26.6. The summed E-state index contributed by atoms with van der Waals surface area (Å²) in [5.74, 6) is 0.199. The molecule has 0 aromatic heterocycles. The van der Waals surface area contributed by atoms with E-state index in [4.69, 9.17) is 4.74 Å². The lowest BCUT2D eigenvalue weighted by molar-refractivity contribution is -0.135. The average Bonchev–Trinajstić information content (AvgIpc) is 3.01. The maximum Gasteiger partial charge on any atom is 0.290 e. The number of carbonyl (C=O) groups excluding carboxylic acids is 2. The molecule has 3 atom stereocenters. The highest BCUT2D eigenvalue weighted by Crippen LogP contribution is 2.46. The molecule has 5 nitrogen and oxygen atoms in total. The van der Waals surface area contributed by atoms with Crippen LogP contribution in [0.5, 0.6) is 0 Å². The molecule has 0 radical (unpaired) electrons. The second kappa shape index (κ2) is 8.60. The summed E-state index contributed by atoms with van der Waals surface area (Å²) in [5.41, 5.74) is 1.54. The van der Waals surface area contributed by atoms with Crippen molar-refractivity contribution in [1.82, 2.24) is 9.80 Å². The van der Waals surface area contributed by atoms with E-state index in [1.165, 1.54) is 0 Å². The third-order valence-electron chi connectivity index (χ3n) is 6.57. The number of likely N-dealkylation sites (N-methyl/N-ethyl adjacent to an activating group) is 1. The molecule has 1 saturated carbocycles. The number of carbonyl (C=O) groups is 2. The van der Waals surface area contributed by atoms with Gasteiger partial charge in [0, 0.05) is 17.6 Å². The van der Waals surface area contributed by atoms with E-state index in [1.54, 1.807) is 0 Å². The van der Waals surface area contributed by atoms with E-state index < -0.39 is 0 Å². The Morgan fingerprint density at radius 2 is 1.93 bits per heavy atom. The molecule has 29 heavy (non-hydrogen) atoms. The van der Waals surface area contributed by atoms with Crippen LogP contribution in [0.1, 0.15) is 51.1 Å². The second-order valence-electron chi connectivity index (χ2n) is 8.14. The molecule has 1 aliphatic carbocycles. The van der Waals surface area contributed by atoms with Crippen LogP contribution in [-0.4, -0.2) is 53.8 Å². The smallest absolute Gasteiger partial charge is 0.290 e. The van der Waals surface area contributed by atoms with E-state index in [1.807, 2.05) is 29.2 Å². The van der Waals surface area contributed by atoms with Crippen LogP contribution in [-0.2, 0) is 14.3 Å². The van der Waals surface area contributed by atoms with Crippen molar-refractivity contribution >= 4 is 27.6 Å². The summed E-state index contributed by atoms with van der Waals surface area (Å²) in [6, 6.07) is 7.58. The molecule has 156 valence electrons. The Morgan fingerprint density at radius 3 is 2.66 bits per heavy atom. The standard InChI is InChI=1S/C23H29BrN2O3/c1-3-25(4-2)12-13-26-20(15-8-7-9-16(24)14-15)19-21(27)17-10-5-6-11-18(17)29-22(19)23(26)28/h7-9,14,17-18,20H,3-6,10-13H2,1-2H3. The number of ketones is 1. The maximum absolute atomic E-state index is 13.5. The van der Waals surface area contributed by atoms with Crippen LogP contribution in [0.3, 0.4) is 0 Å². The lowest BCUT2D eigenvalue weighted by Gasteiger charge is -2.35. The summed E-state index contributed by atoms with van der Waals surface area (Å²) < 4.78 is 7.16. The largest absolute Gasteiger partial charge is 0.483 e. The molecule has 1 aromatic rings. The summed E-state index contributed by atoms with van der Waals surface area (Å²) in [6.07, 6.45) is 3.71. The van der Waals surface area contributed by atoms with E-state index in [0.29, 0.717) is 17.9 Å². The first kappa shape index (κ1) is 20.6. The Balaban J connectivity index is 1.71. The van der Waals surface area contributed by atoms with Crippen molar-refractivity contribution in [1.29, 1.82) is 0 Å². The zero-order valence-electron chi connectivity index (χ0n) is 17.2. The molecule has 1 fully saturated rings. The van der Waals surface area contributed by atoms with Gasteiger partial charge in [0.25, 0.3) is 5.91 Å². The van der Waals surface area contributed by atoms with Gasteiger partial charge in [0.2, 0.25) is 0 Å². The molecule has 6 heteroatoms. The molecule has 0 spiro atoms. The number of rotatable bonds is 6. The van der Waals surface area contributed by atoms with E-state index in [-0.39, 0.29) is 29.8 Å². The molecule has 0 bridgehead atoms. The second-order valence-corrected chi connectivity index (χ2v) is 9.05. The first-order valence-corrected chi connectivity index (χ1v) is 11.6. The minimum absolute atomic E-state index is 0.104. The average molecular weight is 461 g/mol. The van der Waals surface area contributed by atoms with Gasteiger partial charge in [-0.05, 0) is 50.0 Å². The third kappa shape index (κ3) is 3.77. The number of hydrogen-bond donors (Lipinski definition) is 0. The van der Waals surface area contributed by atoms with Gasteiger partial charge >= 0.3 is 0 Å². The SMILES string of the molecule is CCN(CC)CCN1C(=O)C2=C(C(=O)C3CCCCC3O2)C1c1cccc(Br)c1. The molecule has 1 amide bonds. The number of fused-ring (bicyclic) bond motifs is 1. The van der Waals surface area contributed by atoms with E-state index >= 15 is 0 Å². The molecular formula is C23H29BrN2O3. The van der Waals surface area contributed by atoms with Crippen LogP contribution in [0.15, 0.2) is 40.1 Å². The Hall–Kier alpha value is -1.66. The van der Waals surface area contributed by atoms with Gasteiger partial charge in [-0.2, -0.15) is 0 Å². The lowest BCUT2D eigenvalue weighted by Crippen LogP contribution is -2.39. The quantitative estimate of drug-likeness (QED) is 0.641. The fraction of sp³-hybridized carbons (Fsp3) is 0.565. The van der Waals surface area contributed by atoms with Gasteiger partial charge in [-0.25, -0.2) is 0 Å². The van der Waals surface area contributed by atoms with Gasteiger partial charge in [0.1, 0.15) is 6.10 Å². The Bertz CT molecular complexity index is 833. The van der Waals surface area contributed by atoms with Crippen molar-refractivity contribution in [3.05, 3.63) is 45.6 Å². The van der Waals surface area contributed by atoms with Gasteiger partial charge in [-0.3, -0.25) is 9.59 Å². The topological polar surface area (TPSA) is 49.9 Å². The fourth-order valence-corrected chi connectivity index (χ4v) is 5.35. The Kier molecular flexibility index (Phi) is 6.11. The molecule has 0 saturated heterocycles. The molecule has 3 aliphatic rings. The summed E-state index contributed by atoms with van der Waals surface area (Å²) in [6.45, 7) is 7.49. The molecule has 2 heterocycles. The highest BCUT2D eigenvalue weighted by molar-refractivity contribution is 9.10. The molecule has 2 aliphatic heterocycles. The van der Waals surface area contributed by atoms with Crippen LogP contribution >= 0.6 is 15.9 Å². The highest BCUT2D eigenvalue weighted by Gasteiger charge is 2.51. The van der Waals surface area contributed by atoms with Crippen molar-refractivity contribution in [2.45, 2.75) is 51.7 Å². The summed E-state index contributed by atoms with van der Waals surface area (Å²) in [5, 5.41) is 0. The molecule has 1 aromatic carbocycles. The van der Waals surface area contributed by atoms with Gasteiger partial charge < -0.3 is 14.5 Å². The van der Waals surface area contributed by atoms with E-state index in [0.717, 1.165) is 55.4 Å². The predicted molar refractivity (Wildman–Crippen MR) is 115 cm³/mol. The van der Waals surface area contributed by atoms with Crippen molar-refractivity contribution in [2.24, 2.45) is 5.92 Å². The van der Waals surface area contributed by atoms with Gasteiger partial charge in [-0.1, -0.05) is 48.3 Å². The monoisotopic (exact) mass is 460 g/mol. The number of benzene rings is 1.